The fourth-order valence-electron chi connectivity index (χ4n) is 2.63. The van der Waals surface area contributed by atoms with Crippen molar-refractivity contribution >= 4 is 33.0 Å². The first-order valence-corrected chi connectivity index (χ1v) is 10.1. The second-order valence-electron chi connectivity index (χ2n) is 6.35. The predicted octanol–water partition coefficient (Wildman–Crippen LogP) is 4.10. The van der Waals surface area contributed by atoms with Crippen molar-refractivity contribution in [3.05, 3.63) is 93.8 Å². The highest BCUT2D eigenvalue weighted by Crippen LogP contribution is 2.21. The first-order chi connectivity index (χ1) is 14.2. The van der Waals surface area contributed by atoms with Gasteiger partial charge in [-0.15, -0.1) is 0 Å². The summed E-state index contributed by atoms with van der Waals surface area (Å²) in [5.74, 6) is -0.858. The molecule has 3 aromatic carbocycles. The summed E-state index contributed by atoms with van der Waals surface area (Å²) < 4.78 is 40.4. The average Bonchev–Trinajstić information content (AvgIpc) is 2.70. The molecule has 0 aromatic heterocycles. The van der Waals surface area contributed by atoms with Crippen LogP contribution in [0.1, 0.15) is 15.9 Å². The molecule has 0 aliphatic carbocycles. The third-order valence-electron chi connectivity index (χ3n) is 4.17. The maximum Gasteiger partial charge on any atom is 0.270 e. The van der Waals surface area contributed by atoms with Gasteiger partial charge < -0.3 is 5.32 Å². The standard InChI is InChI=1S/C20H16FN3O5S/c1-13-11-15(21)7-10-19(13)22-20(25)14-5-8-16(9-6-14)23-30(28,29)18-4-2-3-17(12-18)24(26)27/h2-12,23H,1H3,(H,22,25). The number of carbonyl (C=O) groups is 1. The molecule has 0 heterocycles. The predicted molar refractivity (Wildman–Crippen MR) is 109 cm³/mol. The van der Waals surface area contributed by atoms with E-state index in [0.29, 0.717) is 11.3 Å². The Morgan fingerprint density at radius 3 is 2.37 bits per heavy atom. The van der Waals surface area contributed by atoms with Gasteiger partial charge in [0.2, 0.25) is 0 Å². The lowest BCUT2D eigenvalue weighted by Gasteiger charge is -2.10. The van der Waals surface area contributed by atoms with E-state index in [2.05, 4.69) is 10.0 Å². The monoisotopic (exact) mass is 429 g/mol. The van der Waals surface area contributed by atoms with Gasteiger partial charge in [0, 0.05) is 29.1 Å². The van der Waals surface area contributed by atoms with Gasteiger partial charge in [0.05, 0.1) is 9.82 Å². The highest BCUT2D eigenvalue weighted by atomic mass is 32.2. The number of nitro benzene ring substituents is 1. The summed E-state index contributed by atoms with van der Waals surface area (Å²) in [4.78, 5) is 22.3. The largest absolute Gasteiger partial charge is 0.322 e. The number of benzene rings is 3. The highest BCUT2D eigenvalue weighted by molar-refractivity contribution is 7.92. The van der Waals surface area contributed by atoms with E-state index in [-0.39, 0.29) is 21.8 Å². The molecular formula is C20H16FN3O5S. The number of nitrogens with one attached hydrogen (secondary N) is 2. The average molecular weight is 429 g/mol. The van der Waals surface area contributed by atoms with Crippen LogP contribution in [0.3, 0.4) is 0 Å². The highest BCUT2D eigenvalue weighted by Gasteiger charge is 2.18. The number of aryl methyl sites for hydroxylation is 1. The third-order valence-corrected chi connectivity index (χ3v) is 5.55. The van der Waals surface area contributed by atoms with E-state index < -0.39 is 26.7 Å². The molecule has 10 heteroatoms. The van der Waals surface area contributed by atoms with Gasteiger partial charge in [-0.05, 0) is 61.0 Å². The van der Waals surface area contributed by atoms with Crippen molar-refractivity contribution in [2.24, 2.45) is 0 Å². The van der Waals surface area contributed by atoms with Crippen LogP contribution in [0.25, 0.3) is 0 Å². The SMILES string of the molecule is Cc1cc(F)ccc1NC(=O)c1ccc(NS(=O)(=O)c2cccc([N+](=O)[O-])c2)cc1. The number of non-ortho nitro benzene ring substituents is 1. The Bertz CT molecular complexity index is 1230. The number of hydrogen-bond donors (Lipinski definition) is 2. The Kier molecular flexibility index (Phi) is 5.79. The van der Waals surface area contributed by atoms with Crippen molar-refractivity contribution in [3.63, 3.8) is 0 Å². The fourth-order valence-corrected chi connectivity index (χ4v) is 3.73. The van der Waals surface area contributed by atoms with Gasteiger partial charge in [-0.25, -0.2) is 12.8 Å². The molecule has 0 aliphatic rings. The Labute approximate surface area is 171 Å². The molecule has 3 aromatic rings. The molecule has 0 radical (unpaired) electrons. The van der Waals surface area contributed by atoms with Crippen molar-refractivity contribution in [2.75, 3.05) is 10.0 Å². The van der Waals surface area contributed by atoms with Gasteiger partial charge in [0.15, 0.2) is 0 Å². The van der Waals surface area contributed by atoms with Crippen LogP contribution >= 0.6 is 0 Å². The number of halogens is 1. The Balaban J connectivity index is 1.74. The molecule has 1 amide bonds. The summed E-state index contributed by atoms with van der Waals surface area (Å²) in [6.45, 7) is 1.66. The van der Waals surface area contributed by atoms with E-state index in [0.717, 1.165) is 6.07 Å². The molecule has 0 unspecified atom stereocenters. The smallest absolute Gasteiger partial charge is 0.270 e. The van der Waals surface area contributed by atoms with Crippen molar-refractivity contribution in [2.45, 2.75) is 11.8 Å². The zero-order valence-electron chi connectivity index (χ0n) is 15.6. The molecule has 2 N–H and O–H groups in total. The van der Waals surface area contributed by atoms with E-state index in [4.69, 9.17) is 0 Å². The van der Waals surface area contributed by atoms with Crippen LogP contribution in [0.4, 0.5) is 21.5 Å². The lowest BCUT2D eigenvalue weighted by molar-refractivity contribution is -0.385. The zero-order chi connectivity index (χ0) is 21.9. The quantitative estimate of drug-likeness (QED) is 0.452. The first kappa shape index (κ1) is 20.9. The van der Waals surface area contributed by atoms with Crippen LogP contribution in [0, 0.1) is 22.9 Å². The van der Waals surface area contributed by atoms with Gasteiger partial charge in [-0.1, -0.05) is 6.07 Å². The number of carbonyl (C=O) groups excluding carboxylic acids is 1. The molecule has 0 saturated heterocycles. The molecular weight excluding hydrogens is 413 g/mol. The summed E-state index contributed by atoms with van der Waals surface area (Å²) >= 11 is 0. The molecule has 0 spiro atoms. The van der Waals surface area contributed by atoms with Gasteiger partial charge in [0.25, 0.3) is 21.6 Å². The van der Waals surface area contributed by atoms with Gasteiger partial charge >= 0.3 is 0 Å². The van der Waals surface area contributed by atoms with E-state index in [1.54, 1.807) is 6.92 Å². The minimum absolute atomic E-state index is 0.177. The van der Waals surface area contributed by atoms with E-state index >= 15 is 0 Å². The summed E-state index contributed by atoms with van der Waals surface area (Å²) in [7, 11) is -4.05. The van der Waals surface area contributed by atoms with Crippen molar-refractivity contribution in [3.8, 4) is 0 Å². The summed E-state index contributed by atoms with van der Waals surface area (Å²) in [6, 6.07) is 14.2. The second kappa shape index (κ2) is 8.29. The summed E-state index contributed by atoms with van der Waals surface area (Å²) in [5, 5.41) is 13.5. The first-order valence-electron chi connectivity index (χ1n) is 8.60. The van der Waals surface area contributed by atoms with E-state index in [9.17, 15) is 27.7 Å². The number of anilines is 2. The maximum atomic E-state index is 13.2. The molecule has 0 bridgehead atoms. The fraction of sp³-hybridized carbons (Fsp3) is 0.0500. The van der Waals surface area contributed by atoms with Crippen LogP contribution in [0.2, 0.25) is 0 Å². The number of sulfonamides is 1. The topological polar surface area (TPSA) is 118 Å². The van der Waals surface area contributed by atoms with Crippen molar-refractivity contribution < 1.29 is 22.5 Å². The van der Waals surface area contributed by atoms with Crippen LogP contribution < -0.4 is 10.0 Å². The Morgan fingerprint density at radius 2 is 1.73 bits per heavy atom. The number of rotatable bonds is 6. The third kappa shape index (κ3) is 4.78. The number of nitro groups is 1. The van der Waals surface area contributed by atoms with Crippen LogP contribution in [-0.4, -0.2) is 19.2 Å². The molecule has 3 rings (SSSR count). The van der Waals surface area contributed by atoms with E-state index in [1.165, 1.54) is 60.7 Å². The normalized spacial score (nSPS) is 11.0. The van der Waals surface area contributed by atoms with Crippen LogP contribution in [0.15, 0.2) is 71.6 Å². The van der Waals surface area contributed by atoms with Crippen molar-refractivity contribution in [1.82, 2.24) is 0 Å². The molecule has 0 fully saturated rings. The zero-order valence-corrected chi connectivity index (χ0v) is 16.4. The van der Waals surface area contributed by atoms with Crippen LogP contribution in [0.5, 0.6) is 0 Å². The van der Waals surface area contributed by atoms with E-state index in [1.807, 2.05) is 0 Å². The summed E-state index contributed by atoms with van der Waals surface area (Å²) in [5.41, 5.74) is 1.11. The molecule has 154 valence electrons. The molecule has 8 nitrogen and oxygen atoms in total. The second-order valence-corrected chi connectivity index (χ2v) is 8.03. The lowest BCUT2D eigenvalue weighted by atomic mass is 10.1. The molecule has 0 saturated carbocycles. The number of hydrogen-bond acceptors (Lipinski definition) is 5. The lowest BCUT2D eigenvalue weighted by Crippen LogP contribution is -2.14. The molecule has 0 atom stereocenters. The van der Waals surface area contributed by atoms with Crippen molar-refractivity contribution in [1.29, 1.82) is 0 Å². The van der Waals surface area contributed by atoms with Gasteiger partial charge in [0.1, 0.15) is 5.82 Å². The maximum absolute atomic E-state index is 13.2. The van der Waals surface area contributed by atoms with Gasteiger partial charge in [-0.2, -0.15) is 0 Å². The number of nitrogens with zero attached hydrogens (tertiary/aromatic N) is 1. The Hall–Kier alpha value is -3.79. The minimum atomic E-state index is -4.05. The Morgan fingerprint density at radius 1 is 1.03 bits per heavy atom. The van der Waals surface area contributed by atoms with Crippen LogP contribution in [-0.2, 0) is 10.0 Å². The molecule has 0 aliphatic heterocycles. The minimum Gasteiger partial charge on any atom is -0.322 e. The molecule has 30 heavy (non-hydrogen) atoms. The summed E-state index contributed by atoms with van der Waals surface area (Å²) in [6.07, 6.45) is 0. The van der Waals surface area contributed by atoms with Gasteiger partial charge in [-0.3, -0.25) is 19.6 Å². The number of amides is 1.